The molecule has 0 unspecified atom stereocenters. The molecule has 0 spiro atoms. The van der Waals surface area contributed by atoms with Gasteiger partial charge in [-0.1, -0.05) is 12.1 Å². The van der Waals surface area contributed by atoms with Gasteiger partial charge in [-0.2, -0.15) is 0 Å². The van der Waals surface area contributed by atoms with E-state index in [1.807, 2.05) is 6.92 Å². The number of hydrogen-bond donors (Lipinski definition) is 1. The molecule has 0 saturated heterocycles. The minimum absolute atomic E-state index is 0.0899. The van der Waals surface area contributed by atoms with Crippen LogP contribution in [-0.4, -0.2) is 4.92 Å². The molecule has 2 aromatic carbocycles. The van der Waals surface area contributed by atoms with Crippen LogP contribution >= 0.6 is 0 Å². The molecule has 2 aromatic rings. The first kappa shape index (κ1) is 15.1. The third-order valence-corrected chi connectivity index (χ3v) is 3.14. The summed E-state index contributed by atoms with van der Waals surface area (Å²) in [5.74, 6) is -0.956. The highest BCUT2D eigenvalue weighted by Crippen LogP contribution is 2.18. The fourth-order valence-corrected chi connectivity index (χ4v) is 1.98. The second-order valence-corrected chi connectivity index (χ2v) is 4.73. The van der Waals surface area contributed by atoms with E-state index >= 15 is 0 Å². The van der Waals surface area contributed by atoms with Crippen LogP contribution in [0.3, 0.4) is 0 Å². The normalized spacial score (nSPS) is 12.1. The average Bonchev–Trinajstić information content (AvgIpc) is 2.45. The largest absolute Gasteiger partial charge is 0.306 e. The Hall–Kier alpha value is -2.34. The predicted octanol–water partition coefficient (Wildman–Crippen LogP) is 3.72. The van der Waals surface area contributed by atoms with E-state index in [9.17, 15) is 18.9 Å². The number of hydrogen-bond acceptors (Lipinski definition) is 3. The number of nitrogens with one attached hydrogen (secondary N) is 1. The molecule has 0 radical (unpaired) electrons. The van der Waals surface area contributed by atoms with E-state index in [2.05, 4.69) is 5.32 Å². The molecule has 0 bridgehead atoms. The van der Waals surface area contributed by atoms with Gasteiger partial charge in [0.05, 0.1) is 11.0 Å². The second-order valence-electron chi connectivity index (χ2n) is 4.73. The topological polar surface area (TPSA) is 55.2 Å². The Morgan fingerprint density at radius 1 is 1.14 bits per heavy atom. The fraction of sp³-hybridized carbons (Fsp3) is 0.200. The van der Waals surface area contributed by atoms with Crippen molar-refractivity contribution in [3.8, 4) is 0 Å². The van der Waals surface area contributed by atoms with Crippen molar-refractivity contribution in [3.63, 3.8) is 0 Å². The molecule has 6 heteroatoms. The van der Waals surface area contributed by atoms with Gasteiger partial charge in [-0.15, -0.1) is 0 Å². The fourth-order valence-electron chi connectivity index (χ4n) is 1.98. The first-order valence-corrected chi connectivity index (χ1v) is 6.38. The maximum atomic E-state index is 13.3. The van der Waals surface area contributed by atoms with Gasteiger partial charge < -0.3 is 5.32 Å². The minimum Gasteiger partial charge on any atom is -0.306 e. The smallest absolute Gasteiger partial charge is 0.272 e. The summed E-state index contributed by atoms with van der Waals surface area (Å²) in [6.45, 7) is 2.15. The van der Waals surface area contributed by atoms with Gasteiger partial charge in [-0.3, -0.25) is 10.1 Å². The third kappa shape index (κ3) is 4.06. The van der Waals surface area contributed by atoms with E-state index < -0.39 is 10.7 Å². The van der Waals surface area contributed by atoms with Crippen LogP contribution in [0.15, 0.2) is 42.5 Å². The van der Waals surface area contributed by atoms with E-state index in [0.29, 0.717) is 5.56 Å². The van der Waals surface area contributed by atoms with Crippen LogP contribution in [0.4, 0.5) is 14.5 Å². The van der Waals surface area contributed by atoms with Gasteiger partial charge in [0.15, 0.2) is 0 Å². The Kier molecular flexibility index (Phi) is 4.59. The molecule has 1 atom stereocenters. The van der Waals surface area contributed by atoms with E-state index in [-0.39, 0.29) is 24.1 Å². The zero-order valence-corrected chi connectivity index (χ0v) is 11.3. The number of rotatable bonds is 5. The van der Waals surface area contributed by atoms with Crippen molar-refractivity contribution in [3.05, 3.63) is 75.3 Å². The van der Waals surface area contributed by atoms with Gasteiger partial charge >= 0.3 is 0 Å². The summed E-state index contributed by atoms with van der Waals surface area (Å²) in [6.07, 6.45) is 0. The molecule has 110 valence electrons. The molecule has 2 rings (SSSR count). The molecule has 4 nitrogen and oxygen atoms in total. The minimum atomic E-state index is -0.643. The highest BCUT2D eigenvalue weighted by atomic mass is 19.1. The summed E-state index contributed by atoms with van der Waals surface area (Å²) in [4.78, 5) is 10.1. The van der Waals surface area contributed by atoms with Crippen molar-refractivity contribution in [2.45, 2.75) is 19.5 Å². The number of nitro benzene ring substituents is 1. The van der Waals surface area contributed by atoms with Gasteiger partial charge in [0.1, 0.15) is 11.6 Å². The van der Waals surface area contributed by atoms with Crippen LogP contribution < -0.4 is 5.32 Å². The maximum absolute atomic E-state index is 13.3. The number of nitro groups is 1. The number of benzene rings is 2. The zero-order chi connectivity index (χ0) is 15.4. The van der Waals surface area contributed by atoms with Gasteiger partial charge in [-0.05, 0) is 36.2 Å². The molecule has 0 aromatic heterocycles. The molecule has 0 saturated carbocycles. The molecule has 0 heterocycles. The van der Waals surface area contributed by atoms with Crippen LogP contribution in [0.2, 0.25) is 0 Å². The lowest BCUT2D eigenvalue weighted by Gasteiger charge is -2.14. The second kappa shape index (κ2) is 6.41. The van der Waals surface area contributed by atoms with Crippen LogP contribution in [-0.2, 0) is 6.54 Å². The van der Waals surface area contributed by atoms with E-state index in [4.69, 9.17) is 0 Å². The molecular formula is C15H14F2N2O2. The Morgan fingerprint density at radius 2 is 1.81 bits per heavy atom. The van der Waals surface area contributed by atoms with Crippen LogP contribution in [0.1, 0.15) is 24.1 Å². The zero-order valence-electron chi connectivity index (χ0n) is 11.3. The Morgan fingerprint density at radius 3 is 2.43 bits per heavy atom. The molecule has 0 aliphatic carbocycles. The molecule has 1 N–H and O–H groups in total. The lowest BCUT2D eigenvalue weighted by molar-refractivity contribution is -0.385. The predicted molar refractivity (Wildman–Crippen MR) is 74.7 cm³/mol. The van der Waals surface area contributed by atoms with Crippen molar-refractivity contribution in [2.24, 2.45) is 0 Å². The van der Waals surface area contributed by atoms with Crippen molar-refractivity contribution in [1.82, 2.24) is 5.32 Å². The molecule has 0 aliphatic heterocycles. The monoisotopic (exact) mass is 292 g/mol. The van der Waals surface area contributed by atoms with Crippen LogP contribution in [0.25, 0.3) is 0 Å². The molecular weight excluding hydrogens is 278 g/mol. The summed E-state index contributed by atoms with van der Waals surface area (Å²) < 4.78 is 26.1. The highest BCUT2D eigenvalue weighted by molar-refractivity contribution is 5.35. The van der Waals surface area contributed by atoms with Crippen molar-refractivity contribution in [1.29, 1.82) is 0 Å². The average molecular weight is 292 g/mol. The summed E-state index contributed by atoms with van der Waals surface area (Å²) >= 11 is 0. The lowest BCUT2D eigenvalue weighted by atomic mass is 10.1. The summed E-state index contributed by atoms with van der Waals surface area (Å²) in [6, 6.07) is 9.40. The maximum Gasteiger partial charge on any atom is 0.272 e. The summed E-state index contributed by atoms with van der Waals surface area (Å²) in [5.41, 5.74) is 1.08. The highest BCUT2D eigenvalue weighted by Gasteiger charge is 2.11. The number of non-ortho nitro benzene ring substituents is 1. The number of halogens is 2. The third-order valence-electron chi connectivity index (χ3n) is 3.14. The lowest BCUT2D eigenvalue weighted by Crippen LogP contribution is -2.18. The van der Waals surface area contributed by atoms with E-state index in [1.165, 1.54) is 24.3 Å². The van der Waals surface area contributed by atoms with Gasteiger partial charge in [0, 0.05) is 18.7 Å². The van der Waals surface area contributed by atoms with Gasteiger partial charge in [0.25, 0.3) is 5.69 Å². The van der Waals surface area contributed by atoms with E-state index in [1.54, 1.807) is 12.1 Å². The van der Waals surface area contributed by atoms with Gasteiger partial charge in [0.2, 0.25) is 0 Å². The SMILES string of the molecule is C[C@H](NCc1cc(F)cc([N+](=O)[O-])c1)c1ccc(F)cc1. The van der Waals surface area contributed by atoms with Crippen molar-refractivity contribution >= 4 is 5.69 Å². The summed E-state index contributed by atoms with van der Waals surface area (Å²) in [5, 5.41) is 13.8. The standard InChI is InChI=1S/C15H14F2N2O2/c1-10(12-2-4-13(16)5-3-12)18-9-11-6-14(17)8-15(7-11)19(20)21/h2-8,10,18H,9H2,1H3/t10-/m0/s1. The van der Waals surface area contributed by atoms with Crippen LogP contribution in [0, 0.1) is 21.7 Å². The first-order valence-electron chi connectivity index (χ1n) is 6.38. The van der Waals surface area contributed by atoms with E-state index in [0.717, 1.165) is 11.6 Å². The van der Waals surface area contributed by atoms with Crippen molar-refractivity contribution < 1.29 is 13.7 Å². The number of nitrogens with zero attached hydrogens (tertiary/aromatic N) is 1. The Balaban J connectivity index is 2.05. The molecule has 0 fully saturated rings. The molecule has 0 aliphatic rings. The molecule has 21 heavy (non-hydrogen) atoms. The molecule has 0 amide bonds. The van der Waals surface area contributed by atoms with Crippen molar-refractivity contribution in [2.75, 3.05) is 0 Å². The van der Waals surface area contributed by atoms with Crippen LogP contribution in [0.5, 0.6) is 0 Å². The van der Waals surface area contributed by atoms with Gasteiger partial charge in [-0.25, -0.2) is 8.78 Å². The Labute approximate surface area is 120 Å². The summed E-state index contributed by atoms with van der Waals surface area (Å²) in [7, 11) is 0. The quantitative estimate of drug-likeness (QED) is 0.675. The first-order chi connectivity index (χ1) is 9.95. The Bertz CT molecular complexity index is 645.